The van der Waals surface area contributed by atoms with Crippen LogP contribution in [-0.4, -0.2) is 0 Å². The third kappa shape index (κ3) is 2.22. The first kappa shape index (κ1) is 12.0. The van der Waals surface area contributed by atoms with Gasteiger partial charge in [-0.05, 0) is 17.0 Å². The molecule has 1 aliphatic carbocycles. The topological polar surface area (TPSA) is 29.4 Å². The summed E-state index contributed by atoms with van der Waals surface area (Å²) in [6, 6.07) is 0. The Morgan fingerprint density at radius 1 is 1.75 bits per heavy atom. The Kier molecular flexibility index (Phi) is 4.83. The van der Waals surface area contributed by atoms with Crippen molar-refractivity contribution in [1.29, 1.82) is 0 Å². The van der Waals surface area contributed by atoms with Crippen molar-refractivity contribution in [2.45, 2.75) is 26.7 Å². The van der Waals surface area contributed by atoms with E-state index in [1.54, 1.807) is 0 Å². The minimum absolute atomic E-state index is 0. The molecular formula is C9H10NOU+. The van der Waals surface area contributed by atoms with Crippen LogP contribution in [0.25, 0.3) is 0 Å². The Morgan fingerprint density at radius 2 is 2.42 bits per heavy atom. The molecule has 0 aromatic rings. The molecule has 0 fully saturated rings. The van der Waals surface area contributed by atoms with Crippen LogP contribution < -0.4 is 0 Å². The largest absolute Gasteiger partial charge is 2.00 e. The molecule has 0 spiro atoms. The van der Waals surface area contributed by atoms with Crippen molar-refractivity contribution in [2.75, 3.05) is 0 Å². The van der Waals surface area contributed by atoms with Gasteiger partial charge in [-0.3, -0.25) is 11.5 Å². The van der Waals surface area contributed by atoms with Crippen molar-refractivity contribution >= 4 is 0 Å². The Bertz CT molecular complexity index is 272. The molecule has 3 heteroatoms. The van der Waals surface area contributed by atoms with Crippen molar-refractivity contribution < 1.29 is 31.1 Å². The van der Waals surface area contributed by atoms with Crippen LogP contribution in [0.4, 0.5) is 0 Å². The second-order valence-corrected chi connectivity index (χ2v) is 2.96. The molecule has 60 valence electrons. The van der Waals surface area contributed by atoms with Crippen molar-refractivity contribution in [3.63, 3.8) is 0 Å². The summed E-state index contributed by atoms with van der Waals surface area (Å²) < 4.78 is 0. The Labute approximate surface area is 96.2 Å². The summed E-state index contributed by atoms with van der Waals surface area (Å²) in [4.78, 5) is 10.3. The van der Waals surface area contributed by atoms with Gasteiger partial charge in [-0.15, -0.1) is 4.91 Å². The molecule has 1 aliphatic rings. The summed E-state index contributed by atoms with van der Waals surface area (Å²) in [6.07, 6.45) is 4.51. The van der Waals surface area contributed by atoms with E-state index < -0.39 is 0 Å². The number of rotatable bonds is 2. The minimum Gasteiger partial charge on any atom is -0.298 e. The van der Waals surface area contributed by atoms with E-state index in [1.165, 1.54) is 0 Å². The van der Waals surface area contributed by atoms with E-state index >= 15 is 0 Å². The summed E-state index contributed by atoms with van der Waals surface area (Å²) in [5.74, 6) is 0. The van der Waals surface area contributed by atoms with Gasteiger partial charge in [0.15, 0.2) is 0 Å². The molecule has 0 saturated heterocycles. The van der Waals surface area contributed by atoms with Crippen molar-refractivity contribution in [2.24, 2.45) is 10.6 Å². The van der Waals surface area contributed by atoms with Crippen molar-refractivity contribution in [3.05, 3.63) is 28.1 Å². The molecule has 0 N–H and O–H groups in total. The Hall–Kier alpha value is -0.0481. The summed E-state index contributed by atoms with van der Waals surface area (Å²) in [7, 11) is 0. The summed E-state index contributed by atoms with van der Waals surface area (Å²) >= 11 is 0. The first-order valence-electron chi connectivity index (χ1n) is 3.67. The van der Waals surface area contributed by atoms with Gasteiger partial charge < -0.3 is 0 Å². The Balaban J connectivity index is 0.00000121. The maximum Gasteiger partial charge on any atom is 2.00 e. The predicted octanol–water partition coefficient (Wildman–Crippen LogP) is 2.57. The minimum atomic E-state index is -0.160. The molecule has 1 atom stereocenters. The van der Waals surface area contributed by atoms with E-state index in [2.05, 4.69) is 22.7 Å². The zero-order valence-corrected chi connectivity index (χ0v) is 11.4. The van der Waals surface area contributed by atoms with Gasteiger partial charge >= 0.3 is 31.1 Å². The molecule has 0 radical (unpaired) electrons. The number of hydrogen-bond acceptors (Lipinski definition) is 2. The van der Waals surface area contributed by atoms with Crippen LogP contribution in [0.1, 0.15) is 26.7 Å². The molecule has 0 saturated carbocycles. The normalized spacial score (nSPS) is 26.0. The molecular weight excluding hydrogens is 376 g/mol. The van der Waals surface area contributed by atoms with Crippen LogP contribution in [0.5, 0.6) is 0 Å². The van der Waals surface area contributed by atoms with Gasteiger partial charge in [0.1, 0.15) is 0 Å². The molecule has 0 amide bonds. The zero-order chi connectivity index (χ0) is 8.32. The van der Waals surface area contributed by atoms with Crippen LogP contribution in [0.3, 0.4) is 0 Å². The number of nitrogens with zero attached hydrogens (tertiary/aromatic N) is 1. The number of hydrogen-bond donors (Lipinski definition) is 0. The number of allylic oxidation sites excluding steroid dienone is 2. The zero-order valence-electron chi connectivity index (χ0n) is 7.27. The van der Waals surface area contributed by atoms with Crippen LogP contribution in [0, 0.1) is 47.5 Å². The van der Waals surface area contributed by atoms with E-state index in [0.29, 0.717) is 5.70 Å². The van der Waals surface area contributed by atoms with Crippen molar-refractivity contribution in [3.8, 4) is 0 Å². The van der Waals surface area contributed by atoms with Crippen LogP contribution in [-0.2, 0) is 0 Å². The van der Waals surface area contributed by atoms with Gasteiger partial charge in [0.05, 0.1) is 0 Å². The smallest absolute Gasteiger partial charge is 0.298 e. The first-order valence-corrected chi connectivity index (χ1v) is 3.67. The third-order valence-electron chi connectivity index (χ3n) is 2.19. The van der Waals surface area contributed by atoms with E-state index in [4.69, 9.17) is 0 Å². The average molecular weight is 386 g/mol. The number of nitroso groups, excluding NO2 is 1. The van der Waals surface area contributed by atoms with Gasteiger partial charge in [-0.1, -0.05) is 20.3 Å². The SMILES string of the molecule is CCC1(C)C[C-]=C=C=C1N=O.[U+2]. The van der Waals surface area contributed by atoms with Crippen LogP contribution in [0.2, 0.25) is 0 Å². The molecule has 1 unspecified atom stereocenters. The molecule has 1 rings (SSSR count). The molecule has 0 aromatic carbocycles. The molecule has 0 aliphatic heterocycles. The summed E-state index contributed by atoms with van der Waals surface area (Å²) in [6.45, 7) is 4.02. The van der Waals surface area contributed by atoms with Gasteiger partial charge in [0.25, 0.3) is 0 Å². The molecule has 12 heavy (non-hydrogen) atoms. The van der Waals surface area contributed by atoms with Gasteiger partial charge in [0, 0.05) is 5.70 Å². The summed E-state index contributed by atoms with van der Waals surface area (Å²) in [5.41, 5.74) is 5.64. The first-order chi connectivity index (χ1) is 5.23. The fourth-order valence-electron chi connectivity index (χ4n) is 1.00. The molecule has 2 nitrogen and oxygen atoms in total. The van der Waals surface area contributed by atoms with E-state index in [1.807, 2.05) is 13.8 Å². The Morgan fingerprint density at radius 3 is 2.83 bits per heavy atom. The fraction of sp³-hybridized carbons (Fsp3) is 0.556. The average Bonchev–Trinajstić information content (AvgIpc) is 2.05. The molecule has 0 bridgehead atoms. The second-order valence-electron chi connectivity index (χ2n) is 2.96. The second kappa shape index (κ2) is 4.85. The van der Waals surface area contributed by atoms with Gasteiger partial charge in [0.2, 0.25) is 0 Å². The van der Waals surface area contributed by atoms with E-state index in [9.17, 15) is 4.91 Å². The maximum absolute atomic E-state index is 10.3. The predicted molar refractivity (Wildman–Crippen MR) is 42.6 cm³/mol. The van der Waals surface area contributed by atoms with Gasteiger partial charge in [-0.25, -0.2) is 6.08 Å². The maximum atomic E-state index is 10.3. The van der Waals surface area contributed by atoms with Crippen LogP contribution in [0.15, 0.2) is 22.3 Å². The van der Waals surface area contributed by atoms with Gasteiger partial charge in [-0.2, -0.15) is 0 Å². The van der Waals surface area contributed by atoms with E-state index in [-0.39, 0.29) is 36.5 Å². The van der Waals surface area contributed by atoms with Crippen molar-refractivity contribution in [1.82, 2.24) is 0 Å². The summed E-state index contributed by atoms with van der Waals surface area (Å²) in [5, 5.41) is 2.92. The van der Waals surface area contributed by atoms with E-state index in [0.717, 1.165) is 12.8 Å². The van der Waals surface area contributed by atoms with Crippen LogP contribution >= 0.6 is 0 Å². The third-order valence-corrected chi connectivity index (χ3v) is 2.19. The fourth-order valence-corrected chi connectivity index (χ4v) is 1.00. The molecule has 0 aromatic heterocycles. The molecule has 0 heterocycles. The standard InChI is InChI=1S/C9H10NO.U/c1-3-9(2)7-5-4-6-8(9)10-11;/h3,7H2,1-2H3;/q-1;+2. The monoisotopic (exact) mass is 386 g/mol. The quantitative estimate of drug-likeness (QED) is 0.408.